The van der Waals surface area contributed by atoms with Gasteiger partial charge in [-0.2, -0.15) is 4.31 Å². The van der Waals surface area contributed by atoms with Crippen molar-refractivity contribution in [3.05, 3.63) is 53.1 Å². The van der Waals surface area contributed by atoms with Gasteiger partial charge in [-0.3, -0.25) is 13.9 Å². The Labute approximate surface area is 191 Å². The van der Waals surface area contributed by atoms with Crippen molar-refractivity contribution in [3.8, 4) is 5.75 Å². The number of benzene rings is 1. The minimum atomic E-state index is -3.68. The summed E-state index contributed by atoms with van der Waals surface area (Å²) in [6.07, 6.45) is 2.37. The summed E-state index contributed by atoms with van der Waals surface area (Å²) in [6, 6.07) is 9.38. The SMILES string of the molecule is CC(C)Oc1ccc(S(=O)(=O)N2CCC(n3c(=O)n(CC(=O)O)c4cccnc43)CC2)cc1. The first kappa shape index (κ1) is 23.0. The lowest BCUT2D eigenvalue weighted by Gasteiger charge is -2.31. The lowest BCUT2D eigenvalue weighted by molar-refractivity contribution is -0.137. The number of hydrogen-bond donors (Lipinski definition) is 1. The van der Waals surface area contributed by atoms with E-state index in [2.05, 4.69) is 4.98 Å². The van der Waals surface area contributed by atoms with Crippen LogP contribution < -0.4 is 10.4 Å². The number of sulfonamides is 1. The van der Waals surface area contributed by atoms with Crippen molar-refractivity contribution in [2.75, 3.05) is 13.1 Å². The first-order valence-corrected chi connectivity index (χ1v) is 12.2. The van der Waals surface area contributed by atoms with E-state index in [1.54, 1.807) is 30.5 Å². The van der Waals surface area contributed by atoms with Gasteiger partial charge in [0.15, 0.2) is 5.65 Å². The Morgan fingerprint density at radius 2 is 1.85 bits per heavy atom. The number of ether oxygens (including phenoxy) is 1. The molecule has 3 aromatic rings. The number of nitrogens with zero attached hydrogens (tertiary/aromatic N) is 4. The number of carbonyl (C=O) groups is 1. The third-order valence-electron chi connectivity index (χ3n) is 5.64. The van der Waals surface area contributed by atoms with Crippen LogP contribution in [0.2, 0.25) is 0 Å². The summed E-state index contributed by atoms with van der Waals surface area (Å²) < 4.78 is 35.9. The number of pyridine rings is 1. The van der Waals surface area contributed by atoms with Crippen LogP contribution in [0.3, 0.4) is 0 Å². The van der Waals surface area contributed by atoms with Crippen LogP contribution in [0.1, 0.15) is 32.7 Å². The molecule has 11 heteroatoms. The summed E-state index contributed by atoms with van der Waals surface area (Å²) in [4.78, 5) is 28.7. The highest BCUT2D eigenvalue weighted by Gasteiger charge is 2.32. The molecule has 0 amide bonds. The molecule has 2 aromatic heterocycles. The second kappa shape index (κ2) is 8.99. The lowest BCUT2D eigenvalue weighted by atomic mass is 10.1. The molecule has 176 valence electrons. The van der Waals surface area contributed by atoms with Gasteiger partial charge in [-0.15, -0.1) is 0 Å². The van der Waals surface area contributed by atoms with E-state index in [0.29, 0.717) is 29.8 Å². The summed E-state index contributed by atoms with van der Waals surface area (Å²) in [7, 11) is -3.68. The van der Waals surface area contributed by atoms with Crippen LogP contribution in [0.5, 0.6) is 5.75 Å². The Bertz CT molecular complexity index is 1320. The van der Waals surface area contributed by atoms with E-state index in [9.17, 15) is 23.1 Å². The van der Waals surface area contributed by atoms with Gasteiger partial charge in [0.1, 0.15) is 12.3 Å². The molecule has 0 atom stereocenters. The fourth-order valence-corrected chi connectivity index (χ4v) is 5.65. The quantitative estimate of drug-likeness (QED) is 0.556. The Hall–Kier alpha value is -3.18. The third-order valence-corrected chi connectivity index (χ3v) is 7.55. The minimum Gasteiger partial charge on any atom is -0.491 e. The normalized spacial score (nSPS) is 15.8. The number of imidazole rings is 1. The van der Waals surface area contributed by atoms with Gasteiger partial charge in [-0.25, -0.2) is 18.2 Å². The summed E-state index contributed by atoms with van der Waals surface area (Å²) in [5.41, 5.74) is 0.405. The van der Waals surface area contributed by atoms with Gasteiger partial charge < -0.3 is 9.84 Å². The highest BCUT2D eigenvalue weighted by Crippen LogP contribution is 2.29. The lowest BCUT2D eigenvalue weighted by Crippen LogP contribution is -2.41. The van der Waals surface area contributed by atoms with E-state index in [0.717, 1.165) is 0 Å². The summed E-state index contributed by atoms with van der Waals surface area (Å²) in [5.74, 6) is -0.516. The Kier molecular flexibility index (Phi) is 6.26. The van der Waals surface area contributed by atoms with Crippen molar-refractivity contribution in [3.63, 3.8) is 0 Å². The fourth-order valence-electron chi connectivity index (χ4n) is 4.18. The van der Waals surface area contributed by atoms with E-state index in [4.69, 9.17) is 4.74 Å². The largest absolute Gasteiger partial charge is 0.491 e. The summed E-state index contributed by atoms with van der Waals surface area (Å²) in [6.45, 7) is 3.81. The zero-order valence-electron chi connectivity index (χ0n) is 18.4. The molecular formula is C22H26N4O6S. The van der Waals surface area contributed by atoms with Crippen molar-refractivity contribution in [2.24, 2.45) is 0 Å². The molecule has 0 bridgehead atoms. The van der Waals surface area contributed by atoms with E-state index >= 15 is 0 Å². The molecule has 1 fully saturated rings. The molecule has 0 unspecified atom stereocenters. The molecule has 1 saturated heterocycles. The molecule has 0 saturated carbocycles. The van der Waals surface area contributed by atoms with Gasteiger partial charge in [0, 0.05) is 25.3 Å². The predicted molar refractivity (Wildman–Crippen MR) is 121 cm³/mol. The molecule has 1 N–H and O–H groups in total. The van der Waals surface area contributed by atoms with Crippen LogP contribution in [-0.2, 0) is 21.4 Å². The van der Waals surface area contributed by atoms with Gasteiger partial charge >= 0.3 is 11.7 Å². The molecule has 33 heavy (non-hydrogen) atoms. The Morgan fingerprint density at radius 3 is 2.45 bits per heavy atom. The monoisotopic (exact) mass is 474 g/mol. The highest BCUT2D eigenvalue weighted by molar-refractivity contribution is 7.89. The van der Waals surface area contributed by atoms with E-state index in [1.807, 2.05) is 13.8 Å². The average molecular weight is 475 g/mol. The first-order chi connectivity index (χ1) is 15.7. The van der Waals surface area contributed by atoms with Crippen LogP contribution >= 0.6 is 0 Å². The van der Waals surface area contributed by atoms with Crippen molar-refractivity contribution in [2.45, 2.75) is 50.3 Å². The zero-order valence-corrected chi connectivity index (χ0v) is 19.2. The molecular weight excluding hydrogens is 448 g/mol. The second-order valence-corrected chi connectivity index (χ2v) is 10.2. The molecule has 4 rings (SSSR count). The maximum Gasteiger partial charge on any atom is 0.331 e. The number of rotatable bonds is 7. The standard InChI is InChI=1S/C22H26N4O6S/c1-15(2)32-17-5-7-18(8-6-17)33(30,31)24-12-9-16(10-13-24)26-21-19(4-3-11-23-21)25(22(26)29)14-20(27)28/h3-8,11,15-16H,9-10,12-14H2,1-2H3,(H,27,28). The van der Waals surface area contributed by atoms with Crippen molar-refractivity contribution < 1.29 is 23.1 Å². The van der Waals surface area contributed by atoms with Crippen molar-refractivity contribution in [1.29, 1.82) is 0 Å². The van der Waals surface area contributed by atoms with E-state index in [-0.39, 0.29) is 30.1 Å². The van der Waals surface area contributed by atoms with Gasteiger partial charge in [0.25, 0.3) is 0 Å². The molecule has 1 aromatic carbocycles. The van der Waals surface area contributed by atoms with Crippen molar-refractivity contribution in [1.82, 2.24) is 18.4 Å². The molecule has 1 aliphatic heterocycles. The smallest absolute Gasteiger partial charge is 0.331 e. The van der Waals surface area contributed by atoms with E-state index < -0.39 is 28.2 Å². The molecule has 0 radical (unpaired) electrons. The molecule has 3 heterocycles. The maximum atomic E-state index is 13.1. The number of aromatic nitrogens is 3. The van der Waals surface area contributed by atoms with Crippen LogP contribution in [0.4, 0.5) is 0 Å². The van der Waals surface area contributed by atoms with Crippen LogP contribution in [0, 0.1) is 0 Å². The van der Waals surface area contributed by atoms with Gasteiger partial charge in [-0.05, 0) is 63.1 Å². The number of fused-ring (bicyclic) bond motifs is 1. The number of carboxylic acid groups (broad SMARTS) is 1. The van der Waals surface area contributed by atoms with Crippen LogP contribution in [-0.4, -0.2) is 57.1 Å². The first-order valence-electron chi connectivity index (χ1n) is 10.7. The fraction of sp³-hybridized carbons (Fsp3) is 0.409. The molecule has 1 aliphatic rings. The Morgan fingerprint density at radius 1 is 1.18 bits per heavy atom. The van der Waals surface area contributed by atoms with E-state index in [1.165, 1.54) is 25.6 Å². The Balaban J connectivity index is 1.55. The number of carboxylic acids is 1. The number of piperidine rings is 1. The molecule has 0 aliphatic carbocycles. The summed E-state index contributed by atoms with van der Waals surface area (Å²) in [5, 5.41) is 9.19. The zero-order chi connectivity index (χ0) is 23.8. The average Bonchev–Trinajstić information content (AvgIpc) is 3.05. The van der Waals surface area contributed by atoms with Crippen molar-refractivity contribution >= 4 is 27.2 Å². The maximum absolute atomic E-state index is 13.1. The topological polar surface area (TPSA) is 124 Å². The summed E-state index contributed by atoms with van der Waals surface area (Å²) >= 11 is 0. The predicted octanol–water partition coefficient (Wildman–Crippen LogP) is 2.10. The van der Waals surface area contributed by atoms with Gasteiger partial charge in [-0.1, -0.05) is 0 Å². The third kappa shape index (κ3) is 4.51. The second-order valence-electron chi connectivity index (χ2n) is 8.25. The molecule has 10 nitrogen and oxygen atoms in total. The number of hydrogen-bond acceptors (Lipinski definition) is 6. The van der Waals surface area contributed by atoms with Crippen LogP contribution in [0.25, 0.3) is 11.2 Å². The van der Waals surface area contributed by atoms with Crippen LogP contribution in [0.15, 0.2) is 52.3 Å². The minimum absolute atomic E-state index is 0.00849. The number of aliphatic carboxylic acids is 1. The van der Waals surface area contributed by atoms with Gasteiger partial charge in [0.2, 0.25) is 10.0 Å². The van der Waals surface area contributed by atoms with Gasteiger partial charge in [0.05, 0.1) is 16.5 Å². The molecule has 0 spiro atoms. The highest BCUT2D eigenvalue weighted by atomic mass is 32.2.